The van der Waals surface area contributed by atoms with E-state index in [-0.39, 0.29) is 0 Å². The van der Waals surface area contributed by atoms with Crippen molar-refractivity contribution < 1.29 is 9.18 Å². The van der Waals surface area contributed by atoms with E-state index in [9.17, 15) is 9.18 Å². The monoisotopic (exact) mass is 287 g/mol. The van der Waals surface area contributed by atoms with Crippen LogP contribution >= 0.6 is 11.8 Å². The lowest BCUT2D eigenvalue weighted by Gasteiger charge is -2.07. The first kappa shape index (κ1) is 13.9. The molecule has 0 atom stereocenters. The standard InChI is InChI=1S/C14H10FN3OS/c15-10-2-1-3-12(8-10)18-14(19)17-11-4-6-13(7-5-11)20-9-16/h1-8H,(H2,17,18,19). The Hall–Kier alpha value is -2.52. The number of anilines is 2. The Morgan fingerprint density at radius 1 is 1.10 bits per heavy atom. The average molecular weight is 287 g/mol. The van der Waals surface area contributed by atoms with Gasteiger partial charge in [0, 0.05) is 16.3 Å². The molecule has 0 unspecified atom stereocenters. The fourth-order valence-corrected chi connectivity index (χ4v) is 1.90. The lowest BCUT2D eigenvalue weighted by atomic mass is 10.3. The van der Waals surface area contributed by atoms with Crippen molar-refractivity contribution in [3.8, 4) is 5.40 Å². The molecule has 0 aliphatic heterocycles. The number of nitrogens with zero attached hydrogens (tertiary/aromatic N) is 1. The van der Waals surface area contributed by atoms with Crippen molar-refractivity contribution in [3.63, 3.8) is 0 Å². The van der Waals surface area contributed by atoms with E-state index in [0.717, 1.165) is 16.7 Å². The molecule has 0 bridgehead atoms. The number of carbonyl (C=O) groups excluding carboxylic acids is 1. The normalized spacial score (nSPS) is 9.60. The number of nitriles is 1. The quantitative estimate of drug-likeness (QED) is 0.661. The van der Waals surface area contributed by atoms with Gasteiger partial charge in [-0.1, -0.05) is 6.07 Å². The minimum Gasteiger partial charge on any atom is -0.308 e. The number of halogens is 1. The number of carbonyl (C=O) groups is 1. The minimum absolute atomic E-state index is 0.374. The van der Waals surface area contributed by atoms with Crippen LogP contribution in [0.2, 0.25) is 0 Å². The fraction of sp³-hybridized carbons (Fsp3) is 0. The predicted molar refractivity (Wildman–Crippen MR) is 77.0 cm³/mol. The maximum atomic E-state index is 13.0. The Bertz CT molecular complexity index is 652. The average Bonchev–Trinajstić information content (AvgIpc) is 2.41. The third kappa shape index (κ3) is 4.00. The second-order valence-electron chi connectivity index (χ2n) is 3.81. The summed E-state index contributed by atoms with van der Waals surface area (Å²) in [4.78, 5) is 12.5. The first-order chi connectivity index (χ1) is 9.67. The molecule has 0 radical (unpaired) electrons. The molecule has 4 nitrogen and oxygen atoms in total. The summed E-state index contributed by atoms with van der Waals surface area (Å²) in [6.45, 7) is 0. The SMILES string of the molecule is N#CSc1ccc(NC(=O)Nc2cccc(F)c2)cc1. The fourth-order valence-electron chi connectivity index (χ4n) is 1.52. The molecule has 0 aromatic heterocycles. The molecule has 0 fully saturated rings. The van der Waals surface area contributed by atoms with Crippen LogP contribution in [0, 0.1) is 16.5 Å². The number of hydrogen-bond donors (Lipinski definition) is 2. The van der Waals surface area contributed by atoms with E-state index in [1.54, 1.807) is 30.3 Å². The van der Waals surface area contributed by atoms with Crippen LogP contribution in [0.4, 0.5) is 20.6 Å². The molecule has 6 heteroatoms. The summed E-state index contributed by atoms with van der Waals surface area (Å²) in [5.41, 5.74) is 0.959. The maximum Gasteiger partial charge on any atom is 0.323 e. The van der Waals surface area contributed by atoms with Gasteiger partial charge in [-0.25, -0.2) is 9.18 Å². The second kappa shape index (κ2) is 6.59. The molecule has 20 heavy (non-hydrogen) atoms. The van der Waals surface area contributed by atoms with E-state index < -0.39 is 11.8 Å². The molecule has 2 aromatic carbocycles. The maximum absolute atomic E-state index is 13.0. The van der Waals surface area contributed by atoms with Gasteiger partial charge in [-0.15, -0.1) is 0 Å². The summed E-state index contributed by atoms with van der Waals surface area (Å²) in [6, 6.07) is 12.0. The lowest BCUT2D eigenvalue weighted by Crippen LogP contribution is -2.19. The zero-order chi connectivity index (χ0) is 14.4. The van der Waals surface area contributed by atoms with Gasteiger partial charge >= 0.3 is 6.03 Å². The Balaban J connectivity index is 1.96. The van der Waals surface area contributed by atoms with Crippen molar-refractivity contribution in [2.75, 3.05) is 10.6 Å². The zero-order valence-corrected chi connectivity index (χ0v) is 11.1. The molecule has 2 N–H and O–H groups in total. The highest BCUT2D eigenvalue weighted by atomic mass is 32.2. The summed E-state index contributed by atoms with van der Waals surface area (Å²) in [7, 11) is 0. The topological polar surface area (TPSA) is 64.9 Å². The van der Waals surface area contributed by atoms with E-state index in [1.807, 2.05) is 5.40 Å². The predicted octanol–water partition coefficient (Wildman–Crippen LogP) is 4.04. The number of thiocyanates is 1. The largest absolute Gasteiger partial charge is 0.323 e. The van der Waals surface area contributed by atoms with E-state index in [1.165, 1.54) is 18.2 Å². The van der Waals surface area contributed by atoms with Crippen molar-refractivity contribution in [3.05, 3.63) is 54.3 Å². The van der Waals surface area contributed by atoms with Crippen molar-refractivity contribution in [2.45, 2.75) is 4.90 Å². The highest BCUT2D eigenvalue weighted by molar-refractivity contribution is 8.03. The summed E-state index contributed by atoms with van der Waals surface area (Å²) in [5, 5.41) is 15.6. The van der Waals surface area contributed by atoms with E-state index in [4.69, 9.17) is 5.26 Å². The van der Waals surface area contributed by atoms with Gasteiger partial charge in [-0.2, -0.15) is 5.26 Å². The van der Waals surface area contributed by atoms with Gasteiger partial charge in [0.2, 0.25) is 0 Å². The summed E-state index contributed by atoms with van der Waals surface area (Å²) < 4.78 is 13.0. The van der Waals surface area contributed by atoms with E-state index >= 15 is 0 Å². The summed E-state index contributed by atoms with van der Waals surface area (Å²) in [6.07, 6.45) is 0. The Labute approximate surface area is 119 Å². The van der Waals surface area contributed by atoms with Gasteiger partial charge in [-0.05, 0) is 54.2 Å². The van der Waals surface area contributed by atoms with Crippen LogP contribution in [0.15, 0.2) is 53.4 Å². The molecule has 2 amide bonds. The third-order valence-corrected chi connectivity index (χ3v) is 2.96. The molecule has 0 heterocycles. The molecular weight excluding hydrogens is 277 g/mol. The number of urea groups is 1. The molecule has 0 saturated heterocycles. The number of benzene rings is 2. The van der Waals surface area contributed by atoms with Crippen LogP contribution in [-0.4, -0.2) is 6.03 Å². The molecular formula is C14H10FN3OS. The van der Waals surface area contributed by atoms with Crippen molar-refractivity contribution in [1.82, 2.24) is 0 Å². The van der Waals surface area contributed by atoms with Crippen molar-refractivity contribution >= 4 is 29.2 Å². The highest BCUT2D eigenvalue weighted by Gasteiger charge is 2.03. The first-order valence-corrected chi connectivity index (χ1v) is 6.48. The molecule has 2 rings (SSSR count). The lowest BCUT2D eigenvalue weighted by molar-refractivity contribution is 0.262. The van der Waals surface area contributed by atoms with Crippen LogP contribution in [-0.2, 0) is 0 Å². The molecule has 0 saturated carbocycles. The number of hydrogen-bond acceptors (Lipinski definition) is 3. The number of rotatable bonds is 3. The van der Waals surface area contributed by atoms with Gasteiger partial charge in [0.05, 0.1) is 0 Å². The molecule has 100 valence electrons. The smallest absolute Gasteiger partial charge is 0.308 e. The first-order valence-electron chi connectivity index (χ1n) is 5.67. The van der Waals surface area contributed by atoms with Crippen LogP contribution in [0.1, 0.15) is 0 Å². The Kier molecular flexibility index (Phi) is 4.58. The summed E-state index contributed by atoms with van der Waals surface area (Å²) in [5.74, 6) is -0.416. The zero-order valence-electron chi connectivity index (χ0n) is 10.3. The number of thioether (sulfide) groups is 1. The van der Waals surface area contributed by atoms with Gasteiger partial charge in [0.15, 0.2) is 0 Å². The summed E-state index contributed by atoms with van der Waals surface area (Å²) >= 11 is 1.04. The van der Waals surface area contributed by atoms with Crippen molar-refractivity contribution in [2.24, 2.45) is 0 Å². The Morgan fingerprint density at radius 2 is 1.80 bits per heavy atom. The van der Waals surface area contributed by atoms with Gasteiger partial charge in [0.25, 0.3) is 0 Å². The van der Waals surface area contributed by atoms with E-state index in [0.29, 0.717) is 11.4 Å². The number of amides is 2. The van der Waals surface area contributed by atoms with Crippen LogP contribution in [0.5, 0.6) is 0 Å². The van der Waals surface area contributed by atoms with Gasteiger partial charge in [0.1, 0.15) is 11.2 Å². The number of nitrogens with one attached hydrogen (secondary N) is 2. The molecule has 2 aromatic rings. The molecule has 0 aliphatic rings. The van der Waals surface area contributed by atoms with Gasteiger partial charge < -0.3 is 10.6 Å². The highest BCUT2D eigenvalue weighted by Crippen LogP contribution is 2.19. The van der Waals surface area contributed by atoms with E-state index in [2.05, 4.69) is 10.6 Å². The second-order valence-corrected chi connectivity index (χ2v) is 4.67. The molecule has 0 spiro atoms. The van der Waals surface area contributed by atoms with Crippen LogP contribution in [0.3, 0.4) is 0 Å². The van der Waals surface area contributed by atoms with Crippen molar-refractivity contribution in [1.29, 1.82) is 5.26 Å². The van der Waals surface area contributed by atoms with Gasteiger partial charge in [-0.3, -0.25) is 0 Å². The minimum atomic E-state index is -0.462. The van der Waals surface area contributed by atoms with Crippen LogP contribution < -0.4 is 10.6 Å². The Morgan fingerprint density at radius 3 is 2.45 bits per heavy atom. The van der Waals surface area contributed by atoms with Crippen LogP contribution in [0.25, 0.3) is 0 Å². The third-order valence-electron chi connectivity index (χ3n) is 2.36. The molecule has 0 aliphatic carbocycles.